The Morgan fingerprint density at radius 2 is 1.80 bits per heavy atom. The van der Waals surface area contributed by atoms with Crippen LogP contribution in [0.5, 0.6) is 0 Å². The molecule has 1 saturated heterocycles. The molecule has 0 radical (unpaired) electrons. The van der Waals surface area contributed by atoms with Crippen LogP contribution in [0.15, 0.2) is 30.3 Å². The van der Waals surface area contributed by atoms with Gasteiger partial charge in [0.2, 0.25) is 0 Å². The molecule has 2 nitrogen and oxygen atoms in total. The lowest BCUT2D eigenvalue weighted by Crippen LogP contribution is -2.36. The fourth-order valence-electron chi connectivity index (χ4n) is 1.80. The number of rotatable bonds is 2. The van der Waals surface area contributed by atoms with Crippen LogP contribution in [0.1, 0.15) is 0 Å². The molecule has 82 valence electrons. The lowest BCUT2D eigenvalue weighted by molar-refractivity contribution is 0.0752. The Hall–Kier alpha value is -0.210. The van der Waals surface area contributed by atoms with Crippen molar-refractivity contribution in [2.45, 2.75) is 0 Å². The predicted octanol–water partition coefficient (Wildman–Crippen LogP) is 1.67. The average Bonchev–Trinajstić information content (AvgIpc) is 2.31. The van der Waals surface area contributed by atoms with Crippen LogP contribution in [0, 0.1) is 0 Å². The van der Waals surface area contributed by atoms with E-state index in [9.17, 15) is 0 Å². The standard InChI is InChI=1S/C11H16NOPS/c1-14(15,11-5-3-2-4-6-11)12-7-9-13-10-8-12/h2-6H,7-10H2,1H3. The van der Waals surface area contributed by atoms with E-state index >= 15 is 0 Å². The SMILES string of the molecule is CP(=S)(c1ccccc1)N1CCOCC1. The highest BCUT2D eigenvalue weighted by molar-refractivity contribution is 8.16. The van der Waals surface area contributed by atoms with Crippen LogP contribution in [0.4, 0.5) is 0 Å². The Labute approximate surface area is 96.3 Å². The van der Waals surface area contributed by atoms with Gasteiger partial charge in [-0.1, -0.05) is 42.1 Å². The third-order valence-corrected chi connectivity index (χ3v) is 6.82. The fraction of sp³-hybridized carbons (Fsp3) is 0.455. The zero-order valence-corrected chi connectivity index (χ0v) is 10.6. The second-order valence-electron chi connectivity index (χ2n) is 3.78. The largest absolute Gasteiger partial charge is 0.379 e. The van der Waals surface area contributed by atoms with Crippen molar-refractivity contribution in [1.29, 1.82) is 0 Å². The first kappa shape index (κ1) is 11.3. The first-order chi connectivity index (χ1) is 7.21. The van der Waals surface area contributed by atoms with Crippen LogP contribution in [0.25, 0.3) is 0 Å². The molecule has 0 aliphatic carbocycles. The van der Waals surface area contributed by atoms with Gasteiger partial charge in [0.1, 0.15) is 0 Å². The Bertz CT molecular complexity index is 362. The van der Waals surface area contributed by atoms with E-state index in [0.29, 0.717) is 0 Å². The molecule has 1 aliphatic rings. The Morgan fingerprint density at radius 1 is 1.20 bits per heavy atom. The number of morpholine rings is 1. The van der Waals surface area contributed by atoms with E-state index in [-0.39, 0.29) is 0 Å². The first-order valence-electron chi connectivity index (χ1n) is 5.17. The lowest BCUT2D eigenvalue weighted by atomic mass is 10.4. The summed E-state index contributed by atoms with van der Waals surface area (Å²) in [6, 6.07) is 10.5. The third kappa shape index (κ3) is 2.48. The maximum absolute atomic E-state index is 5.81. The van der Waals surface area contributed by atoms with E-state index in [4.69, 9.17) is 16.5 Å². The number of hydrogen-bond donors (Lipinski definition) is 0. The highest BCUT2D eigenvalue weighted by Crippen LogP contribution is 2.44. The summed E-state index contributed by atoms with van der Waals surface area (Å²) < 4.78 is 7.78. The van der Waals surface area contributed by atoms with Gasteiger partial charge >= 0.3 is 0 Å². The van der Waals surface area contributed by atoms with Crippen molar-refractivity contribution in [2.24, 2.45) is 0 Å². The molecular weight excluding hydrogens is 225 g/mol. The monoisotopic (exact) mass is 241 g/mol. The van der Waals surface area contributed by atoms with E-state index in [1.807, 2.05) is 6.07 Å². The van der Waals surface area contributed by atoms with Gasteiger partial charge in [0, 0.05) is 19.3 Å². The smallest absolute Gasteiger partial charge is 0.0597 e. The van der Waals surface area contributed by atoms with Gasteiger partial charge in [-0.25, -0.2) is 0 Å². The molecule has 1 fully saturated rings. The van der Waals surface area contributed by atoms with E-state index in [1.54, 1.807) is 0 Å². The molecule has 1 aromatic rings. The summed E-state index contributed by atoms with van der Waals surface area (Å²) in [5, 5.41) is 1.31. The molecular formula is C11H16NOPS. The fourth-order valence-corrected chi connectivity index (χ4v) is 4.64. The van der Waals surface area contributed by atoms with Crippen LogP contribution in [0.3, 0.4) is 0 Å². The summed E-state index contributed by atoms with van der Waals surface area (Å²) in [5.74, 6) is 0. The van der Waals surface area contributed by atoms with Crippen molar-refractivity contribution < 1.29 is 4.74 Å². The number of ether oxygens (including phenoxy) is 1. The van der Waals surface area contributed by atoms with Crippen molar-refractivity contribution in [3.63, 3.8) is 0 Å². The van der Waals surface area contributed by atoms with Gasteiger partial charge in [-0.15, -0.1) is 0 Å². The van der Waals surface area contributed by atoms with Gasteiger partial charge in [0.15, 0.2) is 0 Å². The summed E-state index contributed by atoms with van der Waals surface area (Å²) in [6.07, 6.45) is -1.53. The molecule has 1 heterocycles. The van der Waals surface area contributed by atoms with Crippen LogP contribution < -0.4 is 5.30 Å². The van der Waals surface area contributed by atoms with Gasteiger partial charge < -0.3 is 4.74 Å². The van der Waals surface area contributed by atoms with Crippen molar-refractivity contribution in [3.05, 3.63) is 30.3 Å². The van der Waals surface area contributed by atoms with Crippen molar-refractivity contribution in [1.82, 2.24) is 4.67 Å². The molecule has 1 unspecified atom stereocenters. The molecule has 0 spiro atoms. The summed E-state index contributed by atoms with van der Waals surface area (Å²) in [6.45, 7) is 5.80. The van der Waals surface area contributed by atoms with E-state index < -0.39 is 6.19 Å². The van der Waals surface area contributed by atoms with Crippen LogP contribution in [-0.4, -0.2) is 37.6 Å². The van der Waals surface area contributed by atoms with Crippen molar-refractivity contribution >= 4 is 23.3 Å². The number of hydrogen-bond acceptors (Lipinski definition) is 2. The minimum Gasteiger partial charge on any atom is -0.379 e. The molecule has 1 aliphatic heterocycles. The topological polar surface area (TPSA) is 12.5 Å². The average molecular weight is 241 g/mol. The van der Waals surface area contributed by atoms with Gasteiger partial charge in [0.25, 0.3) is 0 Å². The van der Waals surface area contributed by atoms with Crippen LogP contribution >= 0.6 is 6.19 Å². The highest BCUT2D eigenvalue weighted by atomic mass is 32.4. The Balaban J connectivity index is 2.22. The van der Waals surface area contributed by atoms with Crippen molar-refractivity contribution in [2.75, 3.05) is 33.0 Å². The maximum Gasteiger partial charge on any atom is 0.0597 e. The van der Waals surface area contributed by atoms with Gasteiger partial charge in [-0.05, 0) is 12.0 Å². The molecule has 0 N–H and O–H groups in total. The molecule has 1 atom stereocenters. The minimum absolute atomic E-state index is 0.819. The molecule has 1 aromatic carbocycles. The molecule has 0 bridgehead atoms. The number of nitrogens with zero attached hydrogens (tertiary/aromatic N) is 1. The zero-order chi connectivity index (χ0) is 10.7. The second-order valence-corrected chi connectivity index (χ2v) is 8.75. The molecule has 15 heavy (non-hydrogen) atoms. The number of benzene rings is 1. The van der Waals surface area contributed by atoms with Gasteiger partial charge in [-0.3, -0.25) is 4.67 Å². The van der Waals surface area contributed by atoms with Crippen LogP contribution in [-0.2, 0) is 16.5 Å². The first-order valence-corrected chi connectivity index (χ1v) is 8.38. The quantitative estimate of drug-likeness (QED) is 0.731. The normalized spacial score (nSPS) is 22.2. The summed E-state index contributed by atoms with van der Waals surface area (Å²) in [5.41, 5.74) is 0. The molecule has 2 rings (SSSR count). The summed E-state index contributed by atoms with van der Waals surface area (Å²) >= 11 is 5.81. The molecule has 0 saturated carbocycles. The zero-order valence-electron chi connectivity index (χ0n) is 8.93. The maximum atomic E-state index is 5.81. The van der Waals surface area contributed by atoms with Crippen LogP contribution in [0.2, 0.25) is 0 Å². The second kappa shape index (κ2) is 4.75. The lowest BCUT2D eigenvalue weighted by Gasteiger charge is -2.35. The van der Waals surface area contributed by atoms with E-state index in [0.717, 1.165) is 26.3 Å². The van der Waals surface area contributed by atoms with Gasteiger partial charge in [-0.2, -0.15) is 0 Å². The molecule has 0 aromatic heterocycles. The highest BCUT2D eigenvalue weighted by Gasteiger charge is 2.24. The van der Waals surface area contributed by atoms with E-state index in [2.05, 4.69) is 35.6 Å². The Morgan fingerprint density at radius 3 is 2.40 bits per heavy atom. The predicted molar refractivity (Wildman–Crippen MR) is 68.7 cm³/mol. The minimum atomic E-state index is -1.53. The van der Waals surface area contributed by atoms with Gasteiger partial charge in [0.05, 0.1) is 13.2 Å². The summed E-state index contributed by atoms with van der Waals surface area (Å²) in [4.78, 5) is 0. The summed E-state index contributed by atoms with van der Waals surface area (Å²) in [7, 11) is 0. The van der Waals surface area contributed by atoms with E-state index in [1.165, 1.54) is 5.30 Å². The van der Waals surface area contributed by atoms with Crippen molar-refractivity contribution in [3.8, 4) is 0 Å². The molecule has 0 amide bonds. The third-order valence-electron chi connectivity index (χ3n) is 2.76. The Kier molecular flexibility index (Phi) is 3.57. The molecule has 4 heteroatoms.